The van der Waals surface area contributed by atoms with Crippen molar-refractivity contribution >= 4 is 5.78 Å². The molecule has 0 rings (SSSR count). The van der Waals surface area contributed by atoms with Crippen molar-refractivity contribution in [2.45, 2.75) is 46.0 Å². The fourth-order valence-corrected chi connectivity index (χ4v) is 1.08. The summed E-state index contributed by atoms with van der Waals surface area (Å²) in [4.78, 5) is 0. The summed E-state index contributed by atoms with van der Waals surface area (Å²) in [5.41, 5.74) is 0. The molecule has 0 saturated heterocycles. The Kier molecular flexibility index (Phi) is 9.61. The van der Waals surface area contributed by atoms with Crippen LogP contribution in [0.1, 0.15) is 46.0 Å². The molecule has 14 heavy (non-hydrogen) atoms. The van der Waals surface area contributed by atoms with Crippen LogP contribution >= 0.6 is 0 Å². The molecular formula is C13H23O+. The lowest BCUT2D eigenvalue weighted by atomic mass is 10.2. The molecule has 0 N–H and O–H groups in total. The minimum absolute atomic E-state index is 0.811. The average molecular weight is 195 g/mol. The summed E-state index contributed by atoms with van der Waals surface area (Å²) in [5, 5.41) is 0. The molecular weight excluding hydrogens is 172 g/mol. The summed E-state index contributed by atoms with van der Waals surface area (Å²) >= 11 is 0. The fraction of sp³-hybridized carbons (Fsp3) is 0.615. The monoisotopic (exact) mass is 195 g/mol. The van der Waals surface area contributed by atoms with E-state index in [1.54, 1.807) is 6.08 Å². The van der Waals surface area contributed by atoms with Crippen molar-refractivity contribution in [1.82, 2.24) is 0 Å². The second kappa shape index (κ2) is 10.2. The molecule has 0 aromatic carbocycles. The molecule has 0 amide bonds. The molecule has 1 nitrogen and oxygen atoms in total. The highest BCUT2D eigenvalue weighted by Crippen LogP contribution is 1.94. The van der Waals surface area contributed by atoms with Gasteiger partial charge in [-0.15, -0.1) is 0 Å². The zero-order chi connectivity index (χ0) is 10.6. The van der Waals surface area contributed by atoms with Gasteiger partial charge in [-0.1, -0.05) is 39.3 Å². The van der Waals surface area contributed by atoms with Crippen molar-refractivity contribution in [3.05, 3.63) is 24.8 Å². The first kappa shape index (κ1) is 13.2. The third-order valence-electron chi connectivity index (χ3n) is 1.96. The van der Waals surface area contributed by atoms with Crippen LogP contribution in [-0.4, -0.2) is 12.4 Å². The predicted octanol–water partition coefficient (Wildman–Crippen LogP) is 3.82. The summed E-state index contributed by atoms with van der Waals surface area (Å²) in [7, 11) is 0. The van der Waals surface area contributed by atoms with E-state index in [1.165, 1.54) is 19.3 Å². The Morgan fingerprint density at radius 3 is 2.57 bits per heavy atom. The molecule has 0 bridgehead atoms. The van der Waals surface area contributed by atoms with Crippen LogP contribution in [0, 0.1) is 0 Å². The Labute approximate surface area is 88.2 Å². The van der Waals surface area contributed by atoms with Gasteiger partial charge in [0.25, 0.3) is 6.61 Å². The SMILES string of the molecule is C=CC(/C=C\CCC)=[O+]CCCCC. The third-order valence-corrected chi connectivity index (χ3v) is 1.96. The van der Waals surface area contributed by atoms with Gasteiger partial charge >= 0.3 is 5.78 Å². The number of carbonyl (C=O) groups excluding carboxylic acids is 1. The van der Waals surface area contributed by atoms with Gasteiger partial charge in [0.15, 0.2) is 0 Å². The molecule has 0 aromatic heterocycles. The molecule has 1 heteroatoms. The second-order valence-electron chi connectivity index (χ2n) is 3.35. The van der Waals surface area contributed by atoms with Crippen LogP contribution in [0.5, 0.6) is 0 Å². The summed E-state index contributed by atoms with van der Waals surface area (Å²) < 4.78 is 5.55. The molecule has 0 heterocycles. The van der Waals surface area contributed by atoms with Crippen LogP contribution < -0.4 is 0 Å². The number of rotatable bonds is 8. The van der Waals surface area contributed by atoms with Crippen LogP contribution in [-0.2, 0) is 4.42 Å². The lowest BCUT2D eigenvalue weighted by molar-refractivity contribution is -0.455. The molecule has 0 aliphatic carbocycles. The largest absolute Gasteiger partial charge is 0.342 e. The van der Waals surface area contributed by atoms with E-state index < -0.39 is 0 Å². The highest BCUT2D eigenvalue weighted by atomic mass is 16.4. The first-order valence-corrected chi connectivity index (χ1v) is 5.63. The fourth-order valence-electron chi connectivity index (χ4n) is 1.08. The molecule has 0 atom stereocenters. The number of ketones is 1. The summed E-state index contributed by atoms with van der Waals surface area (Å²) in [5.74, 6) is 0.898. The Morgan fingerprint density at radius 1 is 1.21 bits per heavy atom. The van der Waals surface area contributed by atoms with E-state index >= 15 is 0 Å². The molecule has 0 spiro atoms. The van der Waals surface area contributed by atoms with Crippen molar-refractivity contribution in [2.75, 3.05) is 6.61 Å². The van der Waals surface area contributed by atoms with E-state index in [1.807, 2.05) is 6.08 Å². The van der Waals surface area contributed by atoms with Gasteiger partial charge in [-0.2, -0.15) is 0 Å². The predicted molar refractivity (Wildman–Crippen MR) is 63.6 cm³/mol. The highest BCUT2D eigenvalue weighted by molar-refractivity contribution is 5.98. The molecule has 80 valence electrons. The van der Waals surface area contributed by atoms with Crippen LogP contribution in [0.3, 0.4) is 0 Å². The van der Waals surface area contributed by atoms with Gasteiger partial charge in [0.1, 0.15) is 0 Å². The summed E-state index contributed by atoms with van der Waals surface area (Å²) in [6.07, 6.45) is 11.8. The van der Waals surface area contributed by atoms with Crippen molar-refractivity contribution in [3.8, 4) is 0 Å². The lowest BCUT2D eigenvalue weighted by Gasteiger charge is -1.86. The average Bonchev–Trinajstić information content (AvgIpc) is 2.22. The molecule has 0 unspecified atom stereocenters. The van der Waals surface area contributed by atoms with Gasteiger partial charge in [-0.25, -0.2) is 0 Å². The minimum atomic E-state index is 0.811. The number of hydrogen-bond acceptors (Lipinski definition) is 0. The van der Waals surface area contributed by atoms with Gasteiger partial charge in [0.05, 0.1) is 0 Å². The number of allylic oxidation sites excluding steroid dienone is 3. The van der Waals surface area contributed by atoms with Crippen LogP contribution in [0.4, 0.5) is 0 Å². The van der Waals surface area contributed by atoms with Crippen molar-refractivity contribution < 1.29 is 4.42 Å². The molecule has 0 aliphatic rings. The Bertz CT molecular complexity index is 189. The molecule has 0 radical (unpaired) electrons. The van der Waals surface area contributed by atoms with E-state index in [-0.39, 0.29) is 0 Å². The molecule has 0 saturated carbocycles. The normalized spacial score (nSPS) is 12.3. The maximum absolute atomic E-state index is 5.55. The third kappa shape index (κ3) is 7.78. The second-order valence-corrected chi connectivity index (χ2v) is 3.35. The Morgan fingerprint density at radius 2 is 2.00 bits per heavy atom. The lowest BCUT2D eigenvalue weighted by Crippen LogP contribution is -1.96. The van der Waals surface area contributed by atoms with Gasteiger partial charge in [-0.05, 0) is 12.8 Å². The zero-order valence-corrected chi connectivity index (χ0v) is 9.59. The summed E-state index contributed by atoms with van der Waals surface area (Å²) in [6.45, 7) is 8.90. The first-order chi connectivity index (χ1) is 6.85. The Hall–Kier alpha value is -0.850. The number of unbranched alkanes of at least 4 members (excludes halogenated alkanes) is 3. The quantitative estimate of drug-likeness (QED) is 0.317. The molecule has 0 aliphatic heterocycles. The van der Waals surface area contributed by atoms with Crippen LogP contribution in [0.2, 0.25) is 0 Å². The smallest absolute Gasteiger partial charge is 0.255 e. The Balaban J connectivity index is 3.80. The minimum Gasteiger partial charge on any atom is -0.255 e. The van der Waals surface area contributed by atoms with E-state index in [2.05, 4.69) is 26.5 Å². The zero-order valence-electron chi connectivity index (χ0n) is 9.59. The topological polar surface area (TPSA) is 11.3 Å². The summed E-state index contributed by atoms with van der Waals surface area (Å²) in [6, 6.07) is 0. The maximum atomic E-state index is 5.55. The van der Waals surface area contributed by atoms with Crippen molar-refractivity contribution in [2.24, 2.45) is 0 Å². The molecule has 0 aromatic rings. The van der Waals surface area contributed by atoms with Gasteiger partial charge in [-0.3, -0.25) is 4.42 Å². The van der Waals surface area contributed by atoms with Gasteiger partial charge in [0.2, 0.25) is 0 Å². The van der Waals surface area contributed by atoms with Gasteiger partial charge in [0, 0.05) is 18.6 Å². The standard InChI is InChI=1S/C13H23O/c1-4-7-9-11-13(6-3)14-12-10-8-5-2/h6,9,11H,3-5,7-8,10,12H2,1-2H3/q+1/b11-9-. The van der Waals surface area contributed by atoms with Crippen molar-refractivity contribution in [3.63, 3.8) is 0 Å². The van der Waals surface area contributed by atoms with E-state index in [0.29, 0.717) is 0 Å². The number of hydrogen-bond donors (Lipinski definition) is 0. The molecule has 0 fully saturated rings. The van der Waals surface area contributed by atoms with Crippen molar-refractivity contribution in [1.29, 1.82) is 0 Å². The maximum Gasteiger partial charge on any atom is 0.342 e. The van der Waals surface area contributed by atoms with E-state index in [9.17, 15) is 0 Å². The van der Waals surface area contributed by atoms with Crippen LogP contribution in [0.15, 0.2) is 24.8 Å². The van der Waals surface area contributed by atoms with E-state index in [0.717, 1.165) is 25.2 Å². The van der Waals surface area contributed by atoms with Crippen LogP contribution in [0.25, 0.3) is 0 Å². The first-order valence-electron chi connectivity index (χ1n) is 5.63. The van der Waals surface area contributed by atoms with Gasteiger partial charge < -0.3 is 0 Å². The van der Waals surface area contributed by atoms with E-state index in [4.69, 9.17) is 4.42 Å². The highest BCUT2D eigenvalue weighted by Gasteiger charge is 2.00.